The molecule has 1 atom stereocenters. The second kappa shape index (κ2) is 3.61. The van der Waals surface area contributed by atoms with E-state index in [1.54, 1.807) is 6.92 Å². The third kappa shape index (κ3) is 2.39. The largest absolute Gasteiger partial charge is 0.359 e. The zero-order valence-electron chi connectivity index (χ0n) is 5.83. The van der Waals surface area contributed by atoms with Crippen LogP contribution in [-0.4, -0.2) is 23.7 Å². The quantitative estimate of drug-likeness (QED) is 0.360. The summed E-state index contributed by atoms with van der Waals surface area (Å²) < 4.78 is 0. The first-order valence-electron chi connectivity index (χ1n) is 3.25. The Morgan fingerprint density at radius 2 is 2.30 bits per heavy atom. The Hall–Kier alpha value is -0.510. The highest BCUT2D eigenvalue weighted by atomic mass is 35.5. The fourth-order valence-electron chi connectivity index (χ4n) is 0.527. The number of hydrogen-bond acceptors (Lipinski definition) is 3. The number of rotatable bonds is 3. The lowest BCUT2D eigenvalue weighted by atomic mass is 10.3. The third-order valence-corrected chi connectivity index (χ3v) is 1.27. The van der Waals surface area contributed by atoms with Gasteiger partial charge in [0.2, 0.25) is 0 Å². The van der Waals surface area contributed by atoms with Crippen molar-refractivity contribution >= 4 is 11.6 Å². The van der Waals surface area contributed by atoms with Gasteiger partial charge in [0.1, 0.15) is 0 Å². The molecule has 1 saturated heterocycles. The van der Waals surface area contributed by atoms with Gasteiger partial charge in [0.25, 0.3) is 0 Å². The molecule has 1 aliphatic heterocycles. The van der Waals surface area contributed by atoms with Gasteiger partial charge in [-0.25, -0.2) is 0 Å². The highest BCUT2D eigenvalue weighted by molar-refractivity contribution is 6.19. The molecule has 1 unspecified atom stereocenters. The highest BCUT2D eigenvalue weighted by Gasteiger charge is 2.10. The zero-order valence-corrected chi connectivity index (χ0v) is 6.58. The van der Waals surface area contributed by atoms with Crippen LogP contribution in [-0.2, 0) is 4.84 Å². The summed E-state index contributed by atoms with van der Waals surface area (Å²) >= 11 is 5.43. The van der Waals surface area contributed by atoms with E-state index >= 15 is 0 Å². The van der Waals surface area contributed by atoms with Gasteiger partial charge in [0.15, 0.2) is 5.56 Å². The van der Waals surface area contributed by atoms with Gasteiger partial charge in [-0.2, -0.15) is 0 Å². The second-order valence-electron chi connectivity index (χ2n) is 2.13. The standard InChI is InChI=1S/C5H10ClN3O/c1-5(6)10-8-7-9-3-2-4-9/h5H,2-4H2,1H3. The molecule has 58 valence electrons. The summed E-state index contributed by atoms with van der Waals surface area (Å²) in [5.41, 5.74) is -0.398. The predicted octanol–water partition coefficient (Wildman–Crippen LogP) is 1.58. The summed E-state index contributed by atoms with van der Waals surface area (Å²) in [5, 5.41) is 8.95. The van der Waals surface area contributed by atoms with Crippen LogP contribution < -0.4 is 0 Å². The number of nitrogens with zero attached hydrogens (tertiary/aromatic N) is 3. The van der Waals surface area contributed by atoms with E-state index in [9.17, 15) is 0 Å². The van der Waals surface area contributed by atoms with Gasteiger partial charge in [-0.05, 0) is 18.6 Å². The van der Waals surface area contributed by atoms with E-state index in [1.165, 1.54) is 6.42 Å². The lowest BCUT2D eigenvalue weighted by Gasteiger charge is -2.25. The molecular weight excluding hydrogens is 154 g/mol. The minimum Gasteiger partial charge on any atom is -0.359 e. The molecule has 0 aromatic carbocycles. The maximum Gasteiger partial charge on any atom is 0.199 e. The van der Waals surface area contributed by atoms with Crippen molar-refractivity contribution in [2.45, 2.75) is 18.9 Å². The van der Waals surface area contributed by atoms with Gasteiger partial charge in [-0.1, -0.05) is 11.6 Å². The van der Waals surface area contributed by atoms with Crippen LogP contribution in [0.3, 0.4) is 0 Å². The molecule has 1 rings (SSSR count). The van der Waals surface area contributed by atoms with Crippen LogP contribution in [0.1, 0.15) is 13.3 Å². The Labute approximate surface area is 64.7 Å². The Morgan fingerprint density at radius 3 is 2.70 bits per heavy atom. The van der Waals surface area contributed by atoms with Crippen molar-refractivity contribution < 1.29 is 4.84 Å². The molecule has 1 aliphatic rings. The predicted molar refractivity (Wildman–Crippen MR) is 37.4 cm³/mol. The minimum atomic E-state index is -0.398. The van der Waals surface area contributed by atoms with Gasteiger partial charge in [0, 0.05) is 18.4 Å². The van der Waals surface area contributed by atoms with Crippen LogP contribution >= 0.6 is 11.6 Å². The van der Waals surface area contributed by atoms with E-state index < -0.39 is 5.56 Å². The first-order chi connectivity index (χ1) is 4.79. The van der Waals surface area contributed by atoms with Crippen molar-refractivity contribution in [3.63, 3.8) is 0 Å². The van der Waals surface area contributed by atoms with E-state index in [1.807, 2.05) is 5.01 Å². The number of halogens is 1. The molecule has 0 aromatic heterocycles. The van der Waals surface area contributed by atoms with Crippen LogP contribution in [0, 0.1) is 0 Å². The van der Waals surface area contributed by atoms with Crippen molar-refractivity contribution in [2.24, 2.45) is 10.5 Å². The topological polar surface area (TPSA) is 37.2 Å². The van der Waals surface area contributed by atoms with Crippen molar-refractivity contribution in [1.29, 1.82) is 0 Å². The summed E-state index contributed by atoms with van der Waals surface area (Å²) in [7, 11) is 0. The molecular formula is C5H10ClN3O. The van der Waals surface area contributed by atoms with Crippen molar-refractivity contribution in [1.82, 2.24) is 5.01 Å². The molecule has 0 radical (unpaired) electrons. The van der Waals surface area contributed by atoms with Gasteiger partial charge >= 0.3 is 0 Å². The average Bonchev–Trinajstić information content (AvgIpc) is 1.75. The molecule has 5 heteroatoms. The minimum absolute atomic E-state index is 0.398. The van der Waals surface area contributed by atoms with E-state index in [4.69, 9.17) is 11.6 Å². The molecule has 1 fully saturated rings. The highest BCUT2D eigenvalue weighted by Crippen LogP contribution is 2.06. The Morgan fingerprint density at radius 1 is 1.60 bits per heavy atom. The molecule has 4 nitrogen and oxygen atoms in total. The van der Waals surface area contributed by atoms with Crippen LogP contribution in [0.25, 0.3) is 0 Å². The normalized spacial score (nSPS) is 20.8. The van der Waals surface area contributed by atoms with Crippen molar-refractivity contribution in [3.05, 3.63) is 0 Å². The van der Waals surface area contributed by atoms with Crippen molar-refractivity contribution in [2.75, 3.05) is 13.1 Å². The summed E-state index contributed by atoms with van der Waals surface area (Å²) in [4.78, 5) is 4.63. The first kappa shape index (κ1) is 7.60. The smallest absolute Gasteiger partial charge is 0.199 e. The fraction of sp³-hybridized carbons (Fsp3) is 1.00. The molecule has 0 amide bonds. The maximum absolute atomic E-state index is 5.43. The van der Waals surface area contributed by atoms with E-state index in [0.717, 1.165) is 13.1 Å². The molecule has 1 heterocycles. The fourth-order valence-corrected chi connectivity index (χ4v) is 0.562. The summed E-state index contributed by atoms with van der Waals surface area (Å²) in [5.74, 6) is 0. The van der Waals surface area contributed by atoms with Gasteiger partial charge in [0.05, 0.1) is 0 Å². The molecule has 0 aromatic rings. The van der Waals surface area contributed by atoms with Gasteiger partial charge < -0.3 is 4.84 Å². The molecule has 0 bridgehead atoms. The maximum atomic E-state index is 5.43. The van der Waals surface area contributed by atoms with Gasteiger partial charge in [-0.3, -0.25) is 5.01 Å². The van der Waals surface area contributed by atoms with Crippen molar-refractivity contribution in [3.8, 4) is 0 Å². The van der Waals surface area contributed by atoms with E-state index in [-0.39, 0.29) is 0 Å². The van der Waals surface area contributed by atoms with Crippen LogP contribution in [0.5, 0.6) is 0 Å². The molecule has 10 heavy (non-hydrogen) atoms. The lowest BCUT2D eigenvalue weighted by Crippen LogP contribution is -2.31. The van der Waals surface area contributed by atoms with Gasteiger partial charge in [-0.15, -0.1) is 0 Å². The molecule has 0 saturated carbocycles. The monoisotopic (exact) mass is 163 g/mol. The Kier molecular flexibility index (Phi) is 2.74. The van der Waals surface area contributed by atoms with Crippen LogP contribution in [0.2, 0.25) is 0 Å². The van der Waals surface area contributed by atoms with Crippen LogP contribution in [0.4, 0.5) is 0 Å². The van der Waals surface area contributed by atoms with E-state index in [0.29, 0.717) is 0 Å². The zero-order chi connectivity index (χ0) is 7.40. The summed E-state index contributed by atoms with van der Waals surface area (Å²) in [6, 6.07) is 0. The molecule has 0 aliphatic carbocycles. The number of alkyl halides is 1. The molecule has 0 spiro atoms. The van der Waals surface area contributed by atoms with E-state index in [2.05, 4.69) is 15.3 Å². The Balaban J connectivity index is 2.04. The first-order valence-corrected chi connectivity index (χ1v) is 3.68. The Bertz CT molecular complexity index is 124. The molecule has 0 N–H and O–H groups in total. The second-order valence-corrected chi connectivity index (χ2v) is 2.74. The lowest BCUT2D eigenvalue weighted by molar-refractivity contribution is 0.0633. The number of hydrogen-bond donors (Lipinski definition) is 0. The summed E-state index contributed by atoms with van der Waals surface area (Å²) in [6.45, 7) is 3.64. The summed E-state index contributed by atoms with van der Waals surface area (Å²) in [6.07, 6.45) is 1.19. The SMILES string of the molecule is CC(Cl)ON=NN1CCC1. The average molecular weight is 164 g/mol. The third-order valence-electron chi connectivity index (χ3n) is 1.19. The van der Waals surface area contributed by atoms with Crippen LogP contribution in [0.15, 0.2) is 10.5 Å².